The number of halogens is 4. The number of hydrogen-bond donors (Lipinski definition) is 3. The van der Waals surface area contributed by atoms with Crippen LogP contribution in [0.5, 0.6) is 5.75 Å². The Labute approximate surface area is 144 Å². The fraction of sp³-hybridized carbons (Fsp3) is 0.118. The van der Waals surface area contributed by atoms with E-state index in [-0.39, 0.29) is 38.5 Å². The summed E-state index contributed by atoms with van der Waals surface area (Å²) < 4.78 is 39.3. The van der Waals surface area contributed by atoms with Crippen molar-refractivity contribution in [3.63, 3.8) is 0 Å². The molecule has 0 saturated carbocycles. The second-order valence-corrected chi connectivity index (χ2v) is 5.81. The van der Waals surface area contributed by atoms with Gasteiger partial charge in [0, 0.05) is 34.1 Å². The zero-order valence-electron chi connectivity index (χ0n) is 12.8. The van der Waals surface area contributed by atoms with E-state index in [9.17, 15) is 23.1 Å². The molecule has 0 spiro atoms. The second-order valence-electron chi connectivity index (χ2n) is 5.37. The lowest BCUT2D eigenvalue weighted by molar-refractivity contribution is -0.137. The van der Waals surface area contributed by atoms with Crippen LogP contribution in [0.2, 0.25) is 5.02 Å². The van der Waals surface area contributed by atoms with Crippen LogP contribution in [0.3, 0.4) is 0 Å². The number of benzene rings is 2. The molecule has 0 aliphatic carbocycles. The van der Waals surface area contributed by atoms with Crippen LogP contribution in [0, 0.1) is 0 Å². The lowest BCUT2D eigenvalue weighted by Gasteiger charge is -2.15. The average Bonchev–Trinajstić information content (AvgIpc) is 2.54. The number of nitrogens with one attached hydrogen (secondary N) is 2. The maximum absolute atomic E-state index is 13.1. The van der Waals surface area contributed by atoms with Gasteiger partial charge in [-0.2, -0.15) is 13.2 Å². The van der Waals surface area contributed by atoms with Gasteiger partial charge in [-0.1, -0.05) is 11.6 Å². The number of aromatic hydroxyl groups is 1. The summed E-state index contributed by atoms with van der Waals surface area (Å²) in [6.07, 6.45) is -4.54. The summed E-state index contributed by atoms with van der Waals surface area (Å²) in [5, 5.41) is 13.3. The molecule has 3 N–H and O–H groups in total. The van der Waals surface area contributed by atoms with Crippen molar-refractivity contribution in [3.8, 4) is 16.9 Å². The fourth-order valence-corrected chi connectivity index (χ4v) is 2.87. The number of H-pyrrole nitrogens is 1. The third-order valence-electron chi connectivity index (χ3n) is 3.82. The maximum Gasteiger partial charge on any atom is 0.416 e. The van der Waals surface area contributed by atoms with Crippen molar-refractivity contribution in [2.45, 2.75) is 6.18 Å². The topological polar surface area (TPSA) is 65.1 Å². The van der Waals surface area contributed by atoms with Crippen molar-refractivity contribution in [1.82, 2.24) is 4.98 Å². The third-order valence-corrected chi connectivity index (χ3v) is 4.05. The smallest absolute Gasteiger partial charge is 0.416 e. The third kappa shape index (κ3) is 3.02. The highest BCUT2D eigenvalue weighted by Crippen LogP contribution is 2.40. The molecule has 0 amide bonds. The molecule has 1 heterocycles. The van der Waals surface area contributed by atoms with Gasteiger partial charge in [0.15, 0.2) is 0 Å². The number of aromatic amines is 1. The predicted molar refractivity (Wildman–Crippen MR) is 91.2 cm³/mol. The van der Waals surface area contributed by atoms with Crippen molar-refractivity contribution in [1.29, 1.82) is 0 Å². The second kappa shape index (κ2) is 6.00. The van der Waals surface area contributed by atoms with E-state index >= 15 is 0 Å². The van der Waals surface area contributed by atoms with Gasteiger partial charge >= 0.3 is 6.18 Å². The Morgan fingerprint density at radius 2 is 1.88 bits per heavy atom. The van der Waals surface area contributed by atoms with Crippen molar-refractivity contribution >= 4 is 28.2 Å². The van der Waals surface area contributed by atoms with Crippen LogP contribution in [0.15, 0.2) is 41.2 Å². The van der Waals surface area contributed by atoms with Gasteiger partial charge < -0.3 is 15.4 Å². The largest absolute Gasteiger partial charge is 0.507 e. The Bertz CT molecular complexity index is 1030. The highest BCUT2D eigenvalue weighted by molar-refractivity contribution is 6.31. The number of anilines is 1. The van der Waals surface area contributed by atoms with E-state index in [4.69, 9.17) is 11.6 Å². The van der Waals surface area contributed by atoms with Gasteiger partial charge in [0.1, 0.15) is 11.4 Å². The summed E-state index contributed by atoms with van der Waals surface area (Å²) in [5.41, 5.74) is -0.837. The van der Waals surface area contributed by atoms with Gasteiger partial charge in [0.25, 0.3) is 5.56 Å². The molecule has 25 heavy (non-hydrogen) atoms. The van der Waals surface area contributed by atoms with E-state index in [2.05, 4.69) is 10.3 Å². The van der Waals surface area contributed by atoms with Crippen LogP contribution in [0.1, 0.15) is 5.56 Å². The highest BCUT2D eigenvalue weighted by atomic mass is 35.5. The molecule has 130 valence electrons. The lowest BCUT2D eigenvalue weighted by Crippen LogP contribution is -2.14. The first-order valence-corrected chi connectivity index (χ1v) is 7.54. The lowest BCUT2D eigenvalue weighted by atomic mass is 9.97. The van der Waals surface area contributed by atoms with Crippen molar-refractivity contribution in [2.24, 2.45) is 0 Å². The molecule has 8 heteroatoms. The molecule has 0 atom stereocenters. The Morgan fingerprint density at radius 3 is 2.52 bits per heavy atom. The molecule has 0 aliphatic heterocycles. The minimum Gasteiger partial charge on any atom is -0.507 e. The SMILES string of the molecule is CNc1c(-c2cc(Cl)ccc2O)c2cc(C(F)(F)F)ccc2[nH]c1=O. The molecule has 0 radical (unpaired) electrons. The molecule has 0 fully saturated rings. The number of phenols is 1. The van der Waals surface area contributed by atoms with Crippen molar-refractivity contribution in [2.75, 3.05) is 12.4 Å². The zero-order chi connectivity index (χ0) is 18.4. The van der Waals surface area contributed by atoms with E-state index in [0.717, 1.165) is 12.1 Å². The van der Waals surface area contributed by atoms with Crippen LogP contribution in [0.25, 0.3) is 22.0 Å². The first kappa shape index (κ1) is 17.2. The Kier molecular flexibility index (Phi) is 4.12. The molecule has 3 rings (SSSR count). The molecular formula is C17H12ClF3N2O2. The average molecular weight is 369 g/mol. The Hall–Kier alpha value is -2.67. The van der Waals surface area contributed by atoms with E-state index in [1.165, 1.54) is 31.3 Å². The molecule has 0 saturated heterocycles. The number of phenolic OH excluding ortho intramolecular Hbond substituents is 1. The van der Waals surface area contributed by atoms with E-state index in [0.29, 0.717) is 0 Å². The minimum absolute atomic E-state index is 0.0318. The van der Waals surface area contributed by atoms with Crippen molar-refractivity contribution in [3.05, 3.63) is 57.3 Å². The number of aromatic nitrogens is 1. The molecule has 0 bridgehead atoms. The predicted octanol–water partition coefficient (Wildman–Crippen LogP) is 4.61. The summed E-state index contributed by atoms with van der Waals surface area (Å²) in [6.45, 7) is 0. The number of alkyl halides is 3. The first-order chi connectivity index (χ1) is 11.7. The molecule has 1 aromatic heterocycles. The van der Waals surface area contributed by atoms with Gasteiger partial charge in [-0.3, -0.25) is 4.79 Å². The van der Waals surface area contributed by atoms with Gasteiger partial charge in [-0.15, -0.1) is 0 Å². The molecule has 0 aliphatic rings. The van der Waals surface area contributed by atoms with Crippen LogP contribution in [-0.2, 0) is 6.18 Å². The quantitative estimate of drug-likeness (QED) is 0.618. The molecular weight excluding hydrogens is 357 g/mol. The summed E-state index contributed by atoms with van der Waals surface area (Å²) in [7, 11) is 1.47. The van der Waals surface area contributed by atoms with Gasteiger partial charge in [0.2, 0.25) is 0 Å². The first-order valence-electron chi connectivity index (χ1n) is 7.16. The van der Waals surface area contributed by atoms with E-state index in [1.54, 1.807) is 0 Å². The summed E-state index contributed by atoms with van der Waals surface area (Å²) in [5.74, 6) is -0.204. The number of fused-ring (bicyclic) bond motifs is 1. The van der Waals surface area contributed by atoms with Crippen LogP contribution < -0.4 is 10.9 Å². The summed E-state index contributed by atoms with van der Waals surface area (Å²) in [4.78, 5) is 14.8. The summed E-state index contributed by atoms with van der Waals surface area (Å²) >= 11 is 5.96. The van der Waals surface area contributed by atoms with Gasteiger partial charge in [0.05, 0.1) is 5.56 Å². The van der Waals surface area contributed by atoms with Crippen LogP contribution in [-0.4, -0.2) is 17.1 Å². The monoisotopic (exact) mass is 368 g/mol. The Morgan fingerprint density at radius 1 is 1.16 bits per heavy atom. The molecule has 2 aromatic carbocycles. The number of hydrogen-bond acceptors (Lipinski definition) is 3. The maximum atomic E-state index is 13.1. The standard InChI is InChI=1S/C17H12ClF3N2O2/c1-22-15-14(11-7-9(18)3-5-13(11)24)10-6-8(17(19,20)21)2-4-12(10)23-16(15)25/h2-7,22,24H,1H3,(H,23,25). The molecule has 4 nitrogen and oxygen atoms in total. The highest BCUT2D eigenvalue weighted by Gasteiger charge is 2.31. The molecule has 0 unspecified atom stereocenters. The normalized spacial score (nSPS) is 11.7. The van der Waals surface area contributed by atoms with Crippen molar-refractivity contribution < 1.29 is 18.3 Å². The summed E-state index contributed by atoms with van der Waals surface area (Å²) in [6, 6.07) is 7.16. The van der Waals surface area contributed by atoms with Crippen LogP contribution in [0.4, 0.5) is 18.9 Å². The van der Waals surface area contributed by atoms with Crippen LogP contribution >= 0.6 is 11.6 Å². The van der Waals surface area contributed by atoms with E-state index in [1.807, 2.05) is 0 Å². The number of pyridine rings is 1. The Balaban J connectivity index is 2.49. The number of rotatable bonds is 2. The van der Waals surface area contributed by atoms with E-state index < -0.39 is 17.3 Å². The van der Waals surface area contributed by atoms with Gasteiger partial charge in [-0.25, -0.2) is 0 Å². The molecule has 3 aromatic rings. The zero-order valence-corrected chi connectivity index (χ0v) is 13.6. The fourth-order valence-electron chi connectivity index (χ4n) is 2.70. The minimum atomic E-state index is -4.54. The van der Waals surface area contributed by atoms with Gasteiger partial charge in [-0.05, 0) is 36.4 Å².